The van der Waals surface area contributed by atoms with Gasteiger partial charge in [-0.15, -0.1) is 0 Å². The highest BCUT2D eigenvalue weighted by Crippen LogP contribution is 2.58. The molecular formula is C37H48N4O4. The second kappa shape index (κ2) is 12.6. The Labute approximate surface area is 267 Å². The third-order valence-corrected chi connectivity index (χ3v) is 11.3. The molecule has 0 saturated heterocycles. The fourth-order valence-corrected chi connectivity index (χ4v) is 8.32. The van der Waals surface area contributed by atoms with Gasteiger partial charge in [0, 0.05) is 36.7 Å². The molecule has 240 valence electrons. The number of rotatable bonds is 10. The fourth-order valence-electron chi connectivity index (χ4n) is 8.32. The van der Waals surface area contributed by atoms with Gasteiger partial charge < -0.3 is 9.84 Å². The summed E-state index contributed by atoms with van der Waals surface area (Å²) >= 11 is 0. The SMILES string of the molecule is COc1ccc(C23CCC(CN(C(=O)C4CCC(CC(=O)O)CC4)c4cccc(-c5cnn(C(C)C)c5)n4)(CC2)CC3)cc1C. The van der Waals surface area contributed by atoms with Gasteiger partial charge in [-0.05, 0) is 131 Å². The van der Waals surface area contributed by atoms with E-state index < -0.39 is 5.97 Å². The monoisotopic (exact) mass is 612 g/mol. The molecule has 2 aromatic heterocycles. The number of nitrogens with zero attached hydrogens (tertiary/aromatic N) is 4. The van der Waals surface area contributed by atoms with E-state index in [2.05, 4.69) is 44.1 Å². The molecule has 2 heterocycles. The number of benzene rings is 1. The van der Waals surface area contributed by atoms with Crippen molar-refractivity contribution in [3.8, 4) is 17.0 Å². The van der Waals surface area contributed by atoms with E-state index >= 15 is 0 Å². The Bertz CT molecular complexity index is 1510. The minimum absolute atomic E-state index is 0.0691. The highest BCUT2D eigenvalue weighted by molar-refractivity contribution is 5.94. The Balaban J connectivity index is 1.25. The number of carboxylic acid groups (broad SMARTS) is 1. The van der Waals surface area contributed by atoms with Gasteiger partial charge >= 0.3 is 5.97 Å². The number of anilines is 1. The Morgan fingerprint density at radius 2 is 1.76 bits per heavy atom. The van der Waals surface area contributed by atoms with Crippen LogP contribution in [0, 0.1) is 24.2 Å². The predicted molar refractivity (Wildman–Crippen MR) is 175 cm³/mol. The molecule has 8 heteroatoms. The average Bonchev–Trinajstić information content (AvgIpc) is 3.56. The number of aliphatic carboxylic acids is 1. The first-order valence-electron chi connectivity index (χ1n) is 16.8. The van der Waals surface area contributed by atoms with Crippen LogP contribution in [0.5, 0.6) is 5.75 Å². The number of ether oxygens (including phenoxy) is 1. The van der Waals surface area contributed by atoms with Crippen LogP contribution in [0.2, 0.25) is 0 Å². The maximum atomic E-state index is 14.4. The molecular weight excluding hydrogens is 564 g/mol. The number of carbonyl (C=O) groups excluding carboxylic acids is 1. The Morgan fingerprint density at radius 3 is 2.36 bits per heavy atom. The van der Waals surface area contributed by atoms with Crippen molar-refractivity contribution in [1.29, 1.82) is 0 Å². The lowest BCUT2D eigenvalue weighted by Gasteiger charge is -2.55. The number of methoxy groups -OCH3 is 1. The summed E-state index contributed by atoms with van der Waals surface area (Å²) in [6.07, 6.45) is 13.8. The van der Waals surface area contributed by atoms with Gasteiger partial charge in [-0.2, -0.15) is 5.10 Å². The maximum Gasteiger partial charge on any atom is 0.303 e. The summed E-state index contributed by atoms with van der Waals surface area (Å²) in [4.78, 5) is 32.8. The number of fused-ring (bicyclic) bond motifs is 3. The Morgan fingerprint density at radius 1 is 1.04 bits per heavy atom. The van der Waals surface area contributed by atoms with Crippen LogP contribution < -0.4 is 9.64 Å². The lowest BCUT2D eigenvalue weighted by atomic mass is 9.51. The van der Waals surface area contributed by atoms with E-state index in [0.29, 0.717) is 12.4 Å². The van der Waals surface area contributed by atoms with Gasteiger partial charge in [-0.1, -0.05) is 18.2 Å². The maximum absolute atomic E-state index is 14.4. The van der Waals surface area contributed by atoms with E-state index in [1.54, 1.807) is 7.11 Å². The van der Waals surface area contributed by atoms with Gasteiger partial charge in [0.1, 0.15) is 11.6 Å². The molecule has 1 amide bonds. The highest BCUT2D eigenvalue weighted by Gasteiger charge is 2.51. The fraction of sp³-hybridized carbons (Fsp3) is 0.568. The molecule has 1 N–H and O–H groups in total. The van der Waals surface area contributed by atoms with Crippen LogP contribution in [0.4, 0.5) is 5.82 Å². The molecule has 2 bridgehead atoms. The normalized spacial score (nSPS) is 26.2. The minimum Gasteiger partial charge on any atom is -0.496 e. The number of hydrogen-bond acceptors (Lipinski definition) is 5. The van der Waals surface area contributed by atoms with Gasteiger partial charge in [0.05, 0.1) is 19.0 Å². The lowest BCUT2D eigenvalue weighted by molar-refractivity contribution is -0.138. The Kier molecular flexibility index (Phi) is 8.77. The number of amides is 1. The van der Waals surface area contributed by atoms with E-state index in [-0.39, 0.29) is 41.0 Å². The first-order valence-corrected chi connectivity index (χ1v) is 16.8. The van der Waals surface area contributed by atoms with Gasteiger partial charge in [-0.3, -0.25) is 19.2 Å². The smallest absolute Gasteiger partial charge is 0.303 e. The van der Waals surface area contributed by atoms with Crippen molar-refractivity contribution in [3.63, 3.8) is 0 Å². The standard InChI is InChI=1S/C37H48N4O4/c1-25(2)41-23-29(22-38-41)31-6-5-7-33(39-31)40(35(44)28-10-8-27(9-11-28)21-34(42)43)24-36-14-17-37(18-15-36,19-16-36)30-12-13-32(45-4)26(3)20-30/h5-7,12-13,20,22-23,25,27-28H,8-11,14-19,21,24H2,1-4H3,(H,42,43). The van der Waals surface area contributed by atoms with Crippen molar-refractivity contribution in [1.82, 2.24) is 14.8 Å². The van der Waals surface area contributed by atoms with Crippen molar-refractivity contribution >= 4 is 17.7 Å². The summed E-state index contributed by atoms with van der Waals surface area (Å²) in [7, 11) is 1.73. The van der Waals surface area contributed by atoms with E-state index in [1.807, 2.05) is 40.2 Å². The first-order chi connectivity index (χ1) is 21.6. The summed E-state index contributed by atoms with van der Waals surface area (Å²) in [5.41, 5.74) is 4.65. The van der Waals surface area contributed by atoms with Crippen LogP contribution in [0.1, 0.15) is 102 Å². The van der Waals surface area contributed by atoms with Crippen LogP contribution in [-0.4, -0.2) is 45.4 Å². The minimum atomic E-state index is -0.747. The molecule has 1 aromatic carbocycles. The molecule has 4 aliphatic rings. The molecule has 4 saturated carbocycles. The first kappa shape index (κ1) is 31.3. The zero-order valence-corrected chi connectivity index (χ0v) is 27.3. The number of aryl methyl sites for hydroxylation is 1. The molecule has 8 nitrogen and oxygen atoms in total. The van der Waals surface area contributed by atoms with E-state index in [9.17, 15) is 14.7 Å². The molecule has 0 unspecified atom stereocenters. The summed E-state index contributed by atoms with van der Waals surface area (Å²) in [5.74, 6) is 1.10. The number of carbonyl (C=O) groups is 2. The van der Waals surface area contributed by atoms with Gasteiger partial charge in [-0.25, -0.2) is 4.98 Å². The average molecular weight is 613 g/mol. The summed E-state index contributed by atoms with van der Waals surface area (Å²) in [6.45, 7) is 7.01. The zero-order chi connectivity index (χ0) is 31.8. The topological polar surface area (TPSA) is 97.5 Å². The molecule has 4 fully saturated rings. The third kappa shape index (κ3) is 6.38. The van der Waals surface area contributed by atoms with Gasteiger partial charge in [0.25, 0.3) is 0 Å². The molecule has 0 spiro atoms. The predicted octanol–water partition coefficient (Wildman–Crippen LogP) is 7.75. The second-order valence-electron chi connectivity index (χ2n) is 14.4. The number of aromatic nitrogens is 3. The van der Waals surface area contributed by atoms with Crippen molar-refractivity contribution in [2.45, 2.75) is 103 Å². The third-order valence-electron chi connectivity index (χ3n) is 11.3. The number of carboxylic acids is 1. The van der Waals surface area contributed by atoms with Crippen LogP contribution >= 0.6 is 0 Å². The van der Waals surface area contributed by atoms with Crippen molar-refractivity contribution in [3.05, 3.63) is 59.9 Å². The lowest BCUT2D eigenvalue weighted by Crippen LogP contribution is -2.52. The van der Waals surface area contributed by atoms with Crippen LogP contribution in [0.15, 0.2) is 48.8 Å². The highest BCUT2D eigenvalue weighted by atomic mass is 16.5. The quantitative estimate of drug-likeness (QED) is 0.251. The number of pyridine rings is 1. The largest absolute Gasteiger partial charge is 0.496 e. The molecule has 0 atom stereocenters. The van der Waals surface area contributed by atoms with Crippen molar-refractivity contribution in [2.75, 3.05) is 18.6 Å². The van der Waals surface area contributed by atoms with E-state index in [1.165, 1.54) is 11.1 Å². The van der Waals surface area contributed by atoms with Crippen molar-refractivity contribution in [2.24, 2.45) is 17.3 Å². The zero-order valence-electron chi connectivity index (χ0n) is 27.3. The summed E-state index contributed by atoms with van der Waals surface area (Å²) in [5, 5.41) is 13.8. The second-order valence-corrected chi connectivity index (χ2v) is 14.4. The Hall–Kier alpha value is -3.68. The van der Waals surface area contributed by atoms with Crippen molar-refractivity contribution < 1.29 is 19.4 Å². The van der Waals surface area contributed by atoms with Gasteiger partial charge in [0.15, 0.2) is 0 Å². The molecule has 3 aromatic rings. The summed E-state index contributed by atoms with van der Waals surface area (Å²) in [6, 6.07) is 12.9. The molecule has 7 rings (SSSR count). The van der Waals surface area contributed by atoms with E-state index in [0.717, 1.165) is 81.2 Å². The van der Waals surface area contributed by atoms with Crippen LogP contribution in [-0.2, 0) is 15.0 Å². The molecule has 4 aliphatic carbocycles. The van der Waals surface area contributed by atoms with Crippen LogP contribution in [0.25, 0.3) is 11.3 Å². The molecule has 0 radical (unpaired) electrons. The molecule has 45 heavy (non-hydrogen) atoms. The number of hydrogen-bond donors (Lipinski definition) is 1. The van der Waals surface area contributed by atoms with Gasteiger partial charge in [0.2, 0.25) is 5.91 Å². The van der Waals surface area contributed by atoms with Crippen LogP contribution in [0.3, 0.4) is 0 Å². The summed E-state index contributed by atoms with van der Waals surface area (Å²) < 4.78 is 7.47. The van der Waals surface area contributed by atoms with E-state index in [4.69, 9.17) is 9.72 Å². The molecule has 0 aliphatic heterocycles.